The number of phenolic OH excluding ortho intramolecular Hbond substituents is 1. The summed E-state index contributed by atoms with van der Waals surface area (Å²) in [5.74, 6) is 0.592. The molecule has 2 aliphatic rings. The lowest BCUT2D eigenvalue weighted by Gasteiger charge is -2.14. The molecule has 4 heteroatoms. The Hall–Kier alpha value is -1.55. The Morgan fingerprint density at radius 3 is 2.95 bits per heavy atom. The Morgan fingerprint density at radius 1 is 1.30 bits per heavy atom. The molecule has 0 saturated heterocycles. The van der Waals surface area contributed by atoms with Gasteiger partial charge < -0.3 is 15.7 Å². The van der Waals surface area contributed by atoms with E-state index in [-0.39, 0.29) is 5.91 Å². The summed E-state index contributed by atoms with van der Waals surface area (Å²) < 4.78 is 0. The number of hydrogen-bond acceptors (Lipinski definition) is 3. The summed E-state index contributed by atoms with van der Waals surface area (Å²) in [6.07, 6.45) is 5.72. The summed E-state index contributed by atoms with van der Waals surface area (Å²) in [6.45, 7) is 0.845. The first-order chi connectivity index (χ1) is 9.74. The van der Waals surface area contributed by atoms with Gasteiger partial charge in [-0.3, -0.25) is 4.79 Å². The van der Waals surface area contributed by atoms with Gasteiger partial charge in [0.2, 0.25) is 5.91 Å². The zero-order chi connectivity index (χ0) is 13.9. The highest BCUT2D eigenvalue weighted by molar-refractivity contribution is 5.76. The molecule has 1 fully saturated rings. The monoisotopic (exact) mass is 274 g/mol. The van der Waals surface area contributed by atoms with Crippen LogP contribution in [0.1, 0.15) is 49.3 Å². The topological polar surface area (TPSA) is 61.4 Å². The number of carbonyl (C=O) groups excluding carboxylic acids is 1. The summed E-state index contributed by atoms with van der Waals surface area (Å²) in [5.41, 5.74) is 2.30. The van der Waals surface area contributed by atoms with E-state index in [1.807, 2.05) is 6.07 Å². The van der Waals surface area contributed by atoms with Crippen LogP contribution in [0.3, 0.4) is 0 Å². The summed E-state index contributed by atoms with van der Waals surface area (Å²) in [5, 5.41) is 16.3. The van der Waals surface area contributed by atoms with Gasteiger partial charge in [-0.15, -0.1) is 0 Å². The van der Waals surface area contributed by atoms with Crippen molar-refractivity contribution in [3.8, 4) is 5.75 Å². The maximum absolute atomic E-state index is 11.6. The largest absolute Gasteiger partial charge is 0.508 e. The first-order valence-electron chi connectivity index (χ1n) is 7.57. The van der Waals surface area contributed by atoms with Crippen molar-refractivity contribution in [1.29, 1.82) is 0 Å². The molecule has 4 nitrogen and oxygen atoms in total. The molecule has 1 saturated carbocycles. The quantitative estimate of drug-likeness (QED) is 0.696. The van der Waals surface area contributed by atoms with E-state index in [4.69, 9.17) is 0 Å². The smallest absolute Gasteiger partial charge is 0.220 e. The van der Waals surface area contributed by atoms with Crippen molar-refractivity contribution < 1.29 is 9.90 Å². The molecule has 1 aromatic carbocycles. The van der Waals surface area contributed by atoms with Crippen LogP contribution >= 0.6 is 0 Å². The summed E-state index contributed by atoms with van der Waals surface area (Å²) in [7, 11) is 0. The number of amides is 1. The fourth-order valence-electron chi connectivity index (χ4n) is 2.90. The molecule has 3 rings (SSSR count). The normalized spacial score (nSPS) is 20.7. The molecule has 2 aliphatic carbocycles. The Morgan fingerprint density at radius 2 is 2.15 bits per heavy atom. The van der Waals surface area contributed by atoms with Crippen LogP contribution in [-0.4, -0.2) is 23.6 Å². The van der Waals surface area contributed by atoms with Gasteiger partial charge in [0.25, 0.3) is 0 Å². The highest BCUT2D eigenvalue weighted by Gasteiger charge is 2.24. The van der Waals surface area contributed by atoms with Gasteiger partial charge in [-0.25, -0.2) is 0 Å². The predicted octanol–water partition coefficient (Wildman–Crippen LogP) is 2.03. The third-order valence-corrected chi connectivity index (χ3v) is 4.16. The van der Waals surface area contributed by atoms with Gasteiger partial charge in [-0.1, -0.05) is 12.1 Å². The first kappa shape index (κ1) is 13.4. The van der Waals surface area contributed by atoms with Gasteiger partial charge in [0.05, 0.1) is 0 Å². The van der Waals surface area contributed by atoms with Gasteiger partial charge in [-0.05, 0) is 55.8 Å². The van der Waals surface area contributed by atoms with Gasteiger partial charge in [-0.2, -0.15) is 0 Å². The minimum Gasteiger partial charge on any atom is -0.508 e. The van der Waals surface area contributed by atoms with Crippen LogP contribution in [0.4, 0.5) is 0 Å². The summed E-state index contributed by atoms with van der Waals surface area (Å²) >= 11 is 0. The molecular formula is C16H22N2O2. The number of fused-ring (bicyclic) bond motifs is 1. The molecule has 20 heavy (non-hydrogen) atoms. The highest BCUT2D eigenvalue weighted by Crippen LogP contribution is 2.36. The maximum atomic E-state index is 11.6. The molecule has 108 valence electrons. The fourth-order valence-corrected chi connectivity index (χ4v) is 2.90. The van der Waals surface area contributed by atoms with E-state index in [2.05, 4.69) is 16.7 Å². The predicted molar refractivity (Wildman–Crippen MR) is 77.6 cm³/mol. The van der Waals surface area contributed by atoms with Crippen LogP contribution in [0.15, 0.2) is 18.2 Å². The number of nitrogens with one attached hydrogen (secondary N) is 2. The van der Waals surface area contributed by atoms with Crippen molar-refractivity contribution in [1.82, 2.24) is 10.6 Å². The average Bonchev–Trinajstić information content (AvgIpc) is 3.14. The molecule has 0 bridgehead atoms. The Labute approximate surface area is 119 Å². The van der Waals surface area contributed by atoms with Gasteiger partial charge >= 0.3 is 0 Å². The molecule has 0 spiro atoms. The van der Waals surface area contributed by atoms with Crippen molar-refractivity contribution in [2.45, 2.75) is 50.6 Å². The lowest BCUT2D eigenvalue weighted by molar-refractivity contribution is -0.121. The van der Waals surface area contributed by atoms with Crippen molar-refractivity contribution in [3.05, 3.63) is 29.3 Å². The lowest BCUT2D eigenvalue weighted by Crippen LogP contribution is -2.27. The third-order valence-electron chi connectivity index (χ3n) is 4.16. The van der Waals surface area contributed by atoms with Crippen LogP contribution in [-0.2, 0) is 11.2 Å². The highest BCUT2D eigenvalue weighted by atomic mass is 16.3. The van der Waals surface area contributed by atoms with Crippen LogP contribution in [0.25, 0.3) is 0 Å². The second kappa shape index (κ2) is 5.83. The average molecular weight is 274 g/mol. The molecule has 0 aromatic heterocycles. The molecule has 3 N–H and O–H groups in total. The number of rotatable bonds is 6. The summed E-state index contributed by atoms with van der Waals surface area (Å²) in [4.78, 5) is 11.6. The van der Waals surface area contributed by atoms with Crippen molar-refractivity contribution in [3.63, 3.8) is 0 Å². The number of aromatic hydroxyl groups is 1. The second-order valence-corrected chi connectivity index (χ2v) is 5.84. The molecule has 1 unspecified atom stereocenters. The number of carbonyl (C=O) groups is 1. The Bertz CT molecular complexity index is 497. The van der Waals surface area contributed by atoms with E-state index in [1.165, 1.54) is 5.56 Å². The van der Waals surface area contributed by atoms with E-state index in [0.29, 0.717) is 24.3 Å². The van der Waals surface area contributed by atoms with E-state index >= 15 is 0 Å². The molecular weight excluding hydrogens is 252 g/mol. The molecule has 0 aliphatic heterocycles. The molecule has 1 aromatic rings. The van der Waals surface area contributed by atoms with Crippen LogP contribution < -0.4 is 10.6 Å². The van der Waals surface area contributed by atoms with Crippen molar-refractivity contribution >= 4 is 5.91 Å². The Kier molecular flexibility index (Phi) is 3.92. The number of phenols is 1. The minimum atomic E-state index is 0.179. The summed E-state index contributed by atoms with van der Waals surface area (Å²) in [6, 6.07) is 6.52. The molecule has 1 atom stereocenters. The minimum absolute atomic E-state index is 0.179. The SMILES string of the molecule is O=C(CCCNC1CCc2c(O)cccc21)NC1CC1. The third kappa shape index (κ3) is 3.12. The van der Waals surface area contributed by atoms with Crippen LogP contribution in [0.2, 0.25) is 0 Å². The number of hydrogen-bond donors (Lipinski definition) is 3. The second-order valence-electron chi connectivity index (χ2n) is 5.84. The van der Waals surface area contributed by atoms with Gasteiger partial charge in [0, 0.05) is 18.5 Å². The van der Waals surface area contributed by atoms with Crippen molar-refractivity contribution in [2.24, 2.45) is 0 Å². The van der Waals surface area contributed by atoms with E-state index in [0.717, 1.165) is 44.2 Å². The van der Waals surface area contributed by atoms with E-state index < -0.39 is 0 Å². The van der Waals surface area contributed by atoms with E-state index in [1.54, 1.807) is 6.07 Å². The molecule has 1 amide bonds. The molecule has 0 heterocycles. The molecule has 0 radical (unpaired) electrons. The lowest BCUT2D eigenvalue weighted by atomic mass is 10.1. The zero-order valence-electron chi connectivity index (χ0n) is 11.7. The maximum Gasteiger partial charge on any atom is 0.220 e. The standard InChI is InChI=1S/C16H22N2O2/c19-15-4-1-3-12-13(15)8-9-14(12)17-10-2-5-16(20)18-11-6-7-11/h1,3-4,11,14,17,19H,2,5-10H2,(H,18,20). The number of benzene rings is 1. The zero-order valence-corrected chi connectivity index (χ0v) is 11.7. The first-order valence-corrected chi connectivity index (χ1v) is 7.57. The van der Waals surface area contributed by atoms with Gasteiger partial charge in [0.15, 0.2) is 0 Å². The van der Waals surface area contributed by atoms with Crippen LogP contribution in [0, 0.1) is 0 Å². The van der Waals surface area contributed by atoms with Crippen molar-refractivity contribution in [2.75, 3.05) is 6.54 Å². The fraction of sp³-hybridized carbons (Fsp3) is 0.562. The van der Waals surface area contributed by atoms with Crippen LogP contribution in [0.5, 0.6) is 5.75 Å². The van der Waals surface area contributed by atoms with E-state index in [9.17, 15) is 9.90 Å². The van der Waals surface area contributed by atoms with Gasteiger partial charge in [0.1, 0.15) is 5.75 Å². The Balaban J connectivity index is 1.41.